The number of aromatic hydroxyl groups is 1. The zero-order valence-electron chi connectivity index (χ0n) is 17.6. The third-order valence-corrected chi connectivity index (χ3v) is 5.93. The van der Waals surface area contributed by atoms with Crippen molar-refractivity contribution in [1.29, 1.82) is 0 Å². The summed E-state index contributed by atoms with van der Waals surface area (Å²) in [6.45, 7) is 3.18. The van der Waals surface area contributed by atoms with Gasteiger partial charge in [-0.3, -0.25) is 14.5 Å². The van der Waals surface area contributed by atoms with Gasteiger partial charge in [-0.05, 0) is 56.1 Å². The van der Waals surface area contributed by atoms with Crippen LogP contribution in [0.1, 0.15) is 24.2 Å². The average molecular weight is 423 g/mol. The van der Waals surface area contributed by atoms with Gasteiger partial charge in [-0.15, -0.1) is 0 Å². The van der Waals surface area contributed by atoms with E-state index in [2.05, 4.69) is 0 Å². The van der Waals surface area contributed by atoms with Crippen molar-refractivity contribution >= 4 is 16.9 Å². The van der Waals surface area contributed by atoms with E-state index < -0.39 is 11.9 Å². The molecule has 1 unspecified atom stereocenters. The van der Waals surface area contributed by atoms with Crippen LogP contribution in [-0.4, -0.2) is 41.3 Å². The number of methoxy groups -OCH3 is 1. The van der Waals surface area contributed by atoms with Crippen LogP contribution < -0.4 is 10.2 Å². The number of fused-ring (bicyclic) bond motifs is 1. The number of hydrogen-bond acceptors (Lipinski definition) is 6. The minimum atomic E-state index is -0.807. The fourth-order valence-corrected chi connectivity index (χ4v) is 4.28. The van der Waals surface area contributed by atoms with Crippen LogP contribution in [0.25, 0.3) is 22.1 Å². The number of hydrogen-bond donors (Lipinski definition) is 2. The van der Waals surface area contributed by atoms with Gasteiger partial charge < -0.3 is 19.4 Å². The summed E-state index contributed by atoms with van der Waals surface area (Å²) >= 11 is 0. The van der Waals surface area contributed by atoms with Gasteiger partial charge in [0.2, 0.25) is 5.43 Å². The Morgan fingerprint density at radius 3 is 2.65 bits per heavy atom. The van der Waals surface area contributed by atoms with Gasteiger partial charge in [0.1, 0.15) is 22.8 Å². The lowest BCUT2D eigenvalue weighted by Crippen LogP contribution is -2.38. The van der Waals surface area contributed by atoms with Crippen LogP contribution in [0.4, 0.5) is 0 Å². The summed E-state index contributed by atoms with van der Waals surface area (Å²) in [6.07, 6.45) is 1.42. The van der Waals surface area contributed by atoms with Crippen LogP contribution in [0.15, 0.2) is 45.6 Å². The highest BCUT2D eigenvalue weighted by Crippen LogP contribution is 2.32. The Bertz CT molecular complexity index is 1180. The molecule has 0 radical (unpaired) electrons. The number of piperidine rings is 1. The second-order valence-corrected chi connectivity index (χ2v) is 7.94. The molecule has 2 aromatic carbocycles. The molecule has 2 heterocycles. The van der Waals surface area contributed by atoms with Gasteiger partial charge in [0, 0.05) is 13.1 Å². The SMILES string of the molecule is COc1ccc(-c2c(C)oc3c(CN4CCCC(C(=O)O)C4)c(O)ccc3c2=O)cc1. The summed E-state index contributed by atoms with van der Waals surface area (Å²) in [7, 11) is 1.58. The van der Waals surface area contributed by atoms with E-state index in [0.717, 1.165) is 18.5 Å². The Morgan fingerprint density at radius 1 is 1.23 bits per heavy atom. The van der Waals surface area contributed by atoms with E-state index in [-0.39, 0.29) is 11.2 Å². The van der Waals surface area contributed by atoms with Gasteiger partial charge >= 0.3 is 5.97 Å². The zero-order valence-corrected chi connectivity index (χ0v) is 17.6. The molecule has 0 amide bonds. The summed E-state index contributed by atoms with van der Waals surface area (Å²) in [6, 6.07) is 10.3. The molecule has 7 heteroatoms. The fraction of sp³-hybridized carbons (Fsp3) is 0.333. The van der Waals surface area contributed by atoms with Crippen molar-refractivity contribution in [3.05, 3.63) is 57.9 Å². The quantitative estimate of drug-likeness (QED) is 0.644. The van der Waals surface area contributed by atoms with Crippen LogP contribution >= 0.6 is 0 Å². The molecule has 0 saturated carbocycles. The maximum Gasteiger partial charge on any atom is 0.307 e. The van der Waals surface area contributed by atoms with E-state index in [1.165, 1.54) is 6.07 Å². The number of nitrogens with zero attached hydrogens (tertiary/aromatic N) is 1. The molecule has 1 aromatic heterocycles. The van der Waals surface area contributed by atoms with Crippen molar-refractivity contribution in [3.8, 4) is 22.6 Å². The van der Waals surface area contributed by atoms with Crippen molar-refractivity contribution in [2.45, 2.75) is 26.3 Å². The predicted molar refractivity (Wildman–Crippen MR) is 117 cm³/mol. The second-order valence-electron chi connectivity index (χ2n) is 7.94. The Morgan fingerprint density at radius 2 is 1.97 bits per heavy atom. The molecule has 1 aliphatic rings. The first-order valence-corrected chi connectivity index (χ1v) is 10.3. The van der Waals surface area contributed by atoms with E-state index in [9.17, 15) is 19.8 Å². The Kier molecular flexibility index (Phi) is 5.69. The van der Waals surface area contributed by atoms with E-state index in [1.807, 2.05) is 17.0 Å². The average Bonchev–Trinajstić information content (AvgIpc) is 2.76. The maximum absolute atomic E-state index is 13.3. The molecular formula is C24H25NO6. The molecule has 162 valence electrons. The Balaban J connectivity index is 1.76. The maximum atomic E-state index is 13.3. The molecule has 1 saturated heterocycles. The second kappa shape index (κ2) is 8.43. The number of carboxylic acids is 1. The number of aliphatic carboxylic acids is 1. The number of phenolic OH excluding ortho intramolecular Hbond substituents is 1. The highest BCUT2D eigenvalue weighted by molar-refractivity contribution is 5.86. The largest absolute Gasteiger partial charge is 0.507 e. The monoisotopic (exact) mass is 423 g/mol. The van der Waals surface area contributed by atoms with Gasteiger partial charge in [0.15, 0.2) is 0 Å². The number of benzene rings is 2. The minimum Gasteiger partial charge on any atom is -0.507 e. The number of aryl methyl sites for hydroxylation is 1. The van der Waals surface area contributed by atoms with E-state index in [0.29, 0.717) is 53.1 Å². The van der Waals surface area contributed by atoms with E-state index in [1.54, 1.807) is 32.2 Å². The lowest BCUT2D eigenvalue weighted by atomic mass is 9.97. The Hall–Kier alpha value is -3.32. The highest BCUT2D eigenvalue weighted by atomic mass is 16.5. The molecule has 0 bridgehead atoms. The highest BCUT2D eigenvalue weighted by Gasteiger charge is 2.27. The van der Waals surface area contributed by atoms with Crippen molar-refractivity contribution < 1.29 is 24.2 Å². The van der Waals surface area contributed by atoms with Crippen molar-refractivity contribution in [2.75, 3.05) is 20.2 Å². The summed E-state index contributed by atoms with van der Waals surface area (Å²) in [4.78, 5) is 26.7. The first-order chi connectivity index (χ1) is 14.9. The van der Waals surface area contributed by atoms with Crippen LogP contribution in [0.2, 0.25) is 0 Å². The normalized spacial score (nSPS) is 17.0. The standard InChI is InChI=1S/C24H25NO6/c1-14-21(15-5-7-17(30-2)8-6-15)22(27)18-9-10-20(26)19(23(18)31-14)13-25-11-3-4-16(12-25)24(28)29/h5-10,16,26H,3-4,11-13H2,1-2H3,(H,28,29). The fourth-order valence-electron chi connectivity index (χ4n) is 4.28. The van der Waals surface area contributed by atoms with Crippen molar-refractivity contribution in [3.63, 3.8) is 0 Å². The van der Waals surface area contributed by atoms with E-state index in [4.69, 9.17) is 9.15 Å². The third-order valence-electron chi connectivity index (χ3n) is 5.93. The van der Waals surface area contributed by atoms with E-state index >= 15 is 0 Å². The molecule has 0 aliphatic carbocycles. The molecular weight excluding hydrogens is 398 g/mol. The van der Waals surface area contributed by atoms with Crippen LogP contribution in [-0.2, 0) is 11.3 Å². The van der Waals surface area contributed by atoms with Gasteiger partial charge in [-0.2, -0.15) is 0 Å². The first kappa shape index (κ1) is 20.9. The molecule has 1 aliphatic heterocycles. The Labute approximate surface area is 179 Å². The molecule has 7 nitrogen and oxygen atoms in total. The third kappa shape index (κ3) is 4.01. The lowest BCUT2D eigenvalue weighted by molar-refractivity contribution is -0.143. The molecule has 1 fully saturated rings. The zero-order chi connectivity index (χ0) is 22.1. The first-order valence-electron chi connectivity index (χ1n) is 10.3. The minimum absolute atomic E-state index is 0.0321. The summed E-state index contributed by atoms with van der Waals surface area (Å²) in [5, 5.41) is 20.3. The molecule has 4 rings (SSSR count). The number of rotatable bonds is 5. The molecule has 1 atom stereocenters. The molecule has 3 aromatic rings. The summed E-state index contributed by atoms with van der Waals surface area (Å²) in [5.41, 5.74) is 1.87. The molecule has 31 heavy (non-hydrogen) atoms. The van der Waals surface area contributed by atoms with Crippen LogP contribution in [0, 0.1) is 12.8 Å². The molecule has 0 spiro atoms. The topological polar surface area (TPSA) is 100 Å². The van der Waals surface area contributed by atoms with Gasteiger partial charge in [-0.25, -0.2) is 0 Å². The van der Waals surface area contributed by atoms with Crippen LogP contribution in [0.3, 0.4) is 0 Å². The van der Waals surface area contributed by atoms with Crippen molar-refractivity contribution in [1.82, 2.24) is 4.90 Å². The smallest absolute Gasteiger partial charge is 0.307 e. The number of ether oxygens (including phenoxy) is 1. The van der Waals surface area contributed by atoms with Gasteiger partial charge in [0.25, 0.3) is 0 Å². The van der Waals surface area contributed by atoms with Gasteiger partial charge in [-0.1, -0.05) is 12.1 Å². The van der Waals surface area contributed by atoms with Crippen molar-refractivity contribution in [2.24, 2.45) is 5.92 Å². The summed E-state index contributed by atoms with van der Waals surface area (Å²) < 4.78 is 11.3. The lowest BCUT2D eigenvalue weighted by Gasteiger charge is -2.30. The van der Waals surface area contributed by atoms with Crippen LogP contribution in [0.5, 0.6) is 11.5 Å². The number of carboxylic acid groups (broad SMARTS) is 1. The number of phenols is 1. The van der Waals surface area contributed by atoms with Gasteiger partial charge in [0.05, 0.1) is 29.5 Å². The number of likely N-dealkylation sites (tertiary alicyclic amines) is 1. The summed E-state index contributed by atoms with van der Waals surface area (Å²) in [5.74, 6) is -0.0547. The number of carbonyl (C=O) groups is 1. The predicted octanol–water partition coefficient (Wildman–Crippen LogP) is 3.78. The molecule has 2 N–H and O–H groups in total.